The Bertz CT molecular complexity index is 568. The SMILES string of the molecule is C=C(/C=C/O[Si](C)(C)C(C)(C)C)C(C)OC(=O)c1ccccc1. The number of esters is 1. The summed E-state index contributed by atoms with van der Waals surface area (Å²) in [6, 6.07) is 8.94. The monoisotopic (exact) mass is 332 g/mol. The van der Waals surface area contributed by atoms with Gasteiger partial charge in [0.15, 0.2) is 0 Å². The third kappa shape index (κ3) is 5.71. The minimum atomic E-state index is -1.83. The molecule has 0 aliphatic carbocycles. The molecule has 0 amide bonds. The van der Waals surface area contributed by atoms with Crippen LogP contribution in [0.3, 0.4) is 0 Å². The molecular formula is C19H28O3Si. The Morgan fingerprint density at radius 3 is 2.30 bits per heavy atom. The quantitative estimate of drug-likeness (QED) is 0.306. The smallest absolute Gasteiger partial charge is 0.338 e. The summed E-state index contributed by atoms with van der Waals surface area (Å²) in [5, 5.41) is 0.143. The molecule has 0 fully saturated rings. The molecule has 126 valence electrons. The number of ether oxygens (including phenoxy) is 1. The van der Waals surface area contributed by atoms with Crippen LogP contribution in [0.1, 0.15) is 38.1 Å². The fraction of sp³-hybridized carbons (Fsp3) is 0.421. The van der Waals surface area contributed by atoms with Crippen molar-refractivity contribution in [2.75, 3.05) is 0 Å². The molecule has 1 atom stereocenters. The normalized spacial score (nSPS) is 13.7. The van der Waals surface area contributed by atoms with Crippen LogP contribution in [-0.2, 0) is 9.16 Å². The Morgan fingerprint density at radius 2 is 1.78 bits per heavy atom. The predicted molar refractivity (Wildman–Crippen MR) is 97.9 cm³/mol. The second kappa shape index (κ2) is 7.64. The average Bonchev–Trinajstić information content (AvgIpc) is 2.46. The largest absolute Gasteiger partial charge is 0.549 e. The van der Waals surface area contributed by atoms with Crippen molar-refractivity contribution >= 4 is 14.3 Å². The minimum absolute atomic E-state index is 0.143. The lowest BCUT2D eigenvalue weighted by molar-refractivity contribution is 0.0412. The standard InChI is InChI=1S/C19H28O3Si/c1-15(13-14-21-23(6,7)19(3,4)5)16(2)22-18(20)17-11-9-8-10-12-17/h8-14,16H,1H2,2-7H3/b14-13+. The summed E-state index contributed by atoms with van der Waals surface area (Å²) in [5.74, 6) is -0.349. The van der Waals surface area contributed by atoms with E-state index in [2.05, 4.69) is 40.4 Å². The summed E-state index contributed by atoms with van der Waals surface area (Å²) in [4.78, 5) is 12.0. The van der Waals surface area contributed by atoms with Crippen LogP contribution < -0.4 is 0 Å². The molecule has 0 saturated carbocycles. The molecule has 0 bridgehead atoms. The minimum Gasteiger partial charge on any atom is -0.549 e. The Kier molecular flexibility index (Phi) is 6.39. The van der Waals surface area contributed by atoms with Gasteiger partial charge in [0.05, 0.1) is 11.8 Å². The first-order chi connectivity index (χ1) is 10.5. The summed E-state index contributed by atoms with van der Waals surface area (Å²) < 4.78 is 11.4. The first-order valence-electron chi connectivity index (χ1n) is 7.84. The molecular weight excluding hydrogens is 304 g/mol. The van der Waals surface area contributed by atoms with E-state index in [0.29, 0.717) is 11.1 Å². The van der Waals surface area contributed by atoms with Gasteiger partial charge >= 0.3 is 5.97 Å². The van der Waals surface area contributed by atoms with E-state index < -0.39 is 14.4 Å². The van der Waals surface area contributed by atoms with Gasteiger partial charge < -0.3 is 9.16 Å². The van der Waals surface area contributed by atoms with Crippen molar-refractivity contribution in [2.24, 2.45) is 0 Å². The molecule has 1 aromatic rings. The Hall–Kier alpha value is -1.81. The van der Waals surface area contributed by atoms with E-state index in [0.717, 1.165) is 0 Å². The fourth-order valence-electron chi connectivity index (χ4n) is 1.48. The predicted octanol–water partition coefficient (Wildman–Crippen LogP) is 5.32. The molecule has 0 aromatic heterocycles. The molecule has 0 aliphatic rings. The van der Waals surface area contributed by atoms with Crippen molar-refractivity contribution in [2.45, 2.75) is 51.9 Å². The first kappa shape index (κ1) is 19.2. The number of benzene rings is 1. The lowest BCUT2D eigenvalue weighted by Crippen LogP contribution is -2.39. The molecule has 4 heteroatoms. The lowest BCUT2D eigenvalue weighted by atomic mass is 10.2. The summed E-state index contributed by atoms with van der Waals surface area (Å²) in [5.41, 5.74) is 1.24. The molecule has 1 aromatic carbocycles. The van der Waals surface area contributed by atoms with E-state index in [4.69, 9.17) is 9.16 Å². The van der Waals surface area contributed by atoms with Crippen molar-refractivity contribution < 1.29 is 14.0 Å². The Labute approximate surface area is 141 Å². The zero-order chi connectivity index (χ0) is 17.7. The highest BCUT2D eigenvalue weighted by Gasteiger charge is 2.37. The molecule has 0 radical (unpaired) electrons. The second-order valence-corrected chi connectivity index (χ2v) is 11.9. The lowest BCUT2D eigenvalue weighted by Gasteiger charge is -2.35. The fourth-order valence-corrected chi connectivity index (χ4v) is 2.24. The van der Waals surface area contributed by atoms with Gasteiger partial charge in [0.1, 0.15) is 6.10 Å². The Morgan fingerprint density at radius 1 is 1.22 bits per heavy atom. The number of hydrogen-bond donors (Lipinski definition) is 0. The molecule has 0 saturated heterocycles. The van der Waals surface area contributed by atoms with E-state index >= 15 is 0 Å². The van der Waals surface area contributed by atoms with Crippen LogP contribution >= 0.6 is 0 Å². The van der Waals surface area contributed by atoms with E-state index in [1.54, 1.807) is 31.4 Å². The maximum absolute atomic E-state index is 12.0. The van der Waals surface area contributed by atoms with Crippen LogP contribution in [0.5, 0.6) is 0 Å². The third-order valence-corrected chi connectivity index (χ3v) is 8.60. The molecule has 1 unspecified atom stereocenters. The summed E-state index contributed by atoms with van der Waals surface area (Å²) in [6.45, 7) is 16.7. The van der Waals surface area contributed by atoms with Gasteiger partial charge in [0.2, 0.25) is 8.32 Å². The van der Waals surface area contributed by atoms with E-state index in [1.807, 2.05) is 18.2 Å². The molecule has 1 rings (SSSR count). The zero-order valence-corrected chi connectivity index (χ0v) is 16.1. The van der Waals surface area contributed by atoms with Crippen LogP contribution in [0, 0.1) is 0 Å². The van der Waals surface area contributed by atoms with Crippen LogP contribution in [-0.4, -0.2) is 20.4 Å². The summed E-state index contributed by atoms with van der Waals surface area (Å²) in [6.07, 6.45) is 3.07. The van der Waals surface area contributed by atoms with Crippen molar-refractivity contribution in [1.82, 2.24) is 0 Å². The van der Waals surface area contributed by atoms with Gasteiger partial charge in [-0.05, 0) is 48.8 Å². The molecule has 0 N–H and O–H groups in total. The van der Waals surface area contributed by atoms with E-state index in [1.165, 1.54) is 0 Å². The molecule has 23 heavy (non-hydrogen) atoms. The molecule has 3 nitrogen and oxygen atoms in total. The van der Waals surface area contributed by atoms with Gasteiger partial charge in [0.25, 0.3) is 0 Å². The second-order valence-electron chi connectivity index (χ2n) is 7.17. The third-order valence-electron chi connectivity index (χ3n) is 4.27. The van der Waals surface area contributed by atoms with Crippen molar-refractivity contribution in [1.29, 1.82) is 0 Å². The highest BCUT2D eigenvalue weighted by atomic mass is 28.4. The van der Waals surface area contributed by atoms with Crippen LogP contribution in [0.4, 0.5) is 0 Å². The van der Waals surface area contributed by atoms with Crippen LogP contribution in [0.25, 0.3) is 0 Å². The molecule has 0 heterocycles. The van der Waals surface area contributed by atoms with E-state index in [-0.39, 0.29) is 11.0 Å². The van der Waals surface area contributed by atoms with Gasteiger partial charge in [-0.2, -0.15) is 0 Å². The maximum atomic E-state index is 12.0. The number of hydrogen-bond acceptors (Lipinski definition) is 3. The maximum Gasteiger partial charge on any atom is 0.338 e. The number of rotatable bonds is 6. The summed E-state index contributed by atoms with van der Waals surface area (Å²) >= 11 is 0. The zero-order valence-electron chi connectivity index (χ0n) is 15.1. The van der Waals surface area contributed by atoms with Gasteiger partial charge in [-0.3, -0.25) is 0 Å². The highest BCUT2D eigenvalue weighted by molar-refractivity contribution is 6.74. The topological polar surface area (TPSA) is 35.5 Å². The molecule has 0 aliphatic heterocycles. The van der Waals surface area contributed by atoms with Crippen molar-refractivity contribution in [3.8, 4) is 0 Å². The summed E-state index contributed by atoms with van der Waals surface area (Å²) in [7, 11) is -1.83. The van der Waals surface area contributed by atoms with Gasteiger partial charge in [-0.1, -0.05) is 45.5 Å². The number of carbonyl (C=O) groups excluding carboxylic acids is 1. The van der Waals surface area contributed by atoms with Gasteiger partial charge in [-0.15, -0.1) is 0 Å². The van der Waals surface area contributed by atoms with Crippen LogP contribution in [0.15, 0.2) is 54.8 Å². The Balaban J connectivity index is 2.58. The van der Waals surface area contributed by atoms with Crippen molar-refractivity contribution in [3.63, 3.8) is 0 Å². The van der Waals surface area contributed by atoms with Crippen LogP contribution in [0.2, 0.25) is 18.1 Å². The average molecular weight is 333 g/mol. The van der Waals surface area contributed by atoms with E-state index in [9.17, 15) is 4.79 Å². The van der Waals surface area contributed by atoms with Gasteiger partial charge in [-0.25, -0.2) is 4.79 Å². The molecule has 0 spiro atoms. The highest BCUT2D eigenvalue weighted by Crippen LogP contribution is 2.36. The van der Waals surface area contributed by atoms with Gasteiger partial charge in [0, 0.05) is 0 Å². The van der Waals surface area contributed by atoms with Crippen molar-refractivity contribution in [3.05, 3.63) is 60.4 Å². The first-order valence-corrected chi connectivity index (χ1v) is 10.7. The number of carbonyl (C=O) groups is 1.